The predicted molar refractivity (Wildman–Crippen MR) is 73.0 cm³/mol. The average Bonchev–Trinajstić information content (AvgIpc) is 2.35. The van der Waals surface area contributed by atoms with E-state index < -0.39 is 0 Å². The molecular formula is C14H21BrO. The summed E-state index contributed by atoms with van der Waals surface area (Å²) >= 11 is 3.52. The van der Waals surface area contributed by atoms with Crippen molar-refractivity contribution in [2.75, 3.05) is 5.33 Å². The summed E-state index contributed by atoms with van der Waals surface area (Å²) < 4.78 is 5.88. The van der Waals surface area contributed by atoms with Gasteiger partial charge in [0.05, 0.1) is 12.7 Å². The molecule has 0 fully saturated rings. The minimum Gasteiger partial charge on any atom is -0.373 e. The van der Waals surface area contributed by atoms with E-state index in [1.165, 1.54) is 24.8 Å². The maximum atomic E-state index is 5.88. The fraction of sp³-hybridized carbons (Fsp3) is 0.571. The van der Waals surface area contributed by atoms with Gasteiger partial charge in [0.2, 0.25) is 0 Å². The number of hydrogen-bond acceptors (Lipinski definition) is 1. The van der Waals surface area contributed by atoms with Crippen molar-refractivity contribution in [1.82, 2.24) is 0 Å². The van der Waals surface area contributed by atoms with Gasteiger partial charge in [0, 0.05) is 5.33 Å². The Balaban J connectivity index is 2.23. The molecule has 0 N–H and O–H groups in total. The number of ether oxygens (including phenoxy) is 1. The quantitative estimate of drug-likeness (QED) is 0.503. The predicted octanol–water partition coefficient (Wildman–Crippen LogP) is 4.55. The van der Waals surface area contributed by atoms with Crippen LogP contribution in [0.15, 0.2) is 30.3 Å². The van der Waals surface area contributed by atoms with Crippen molar-refractivity contribution in [1.29, 1.82) is 0 Å². The highest BCUT2D eigenvalue weighted by atomic mass is 79.9. The number of halogens is 1. The summed E-state index contributed by atoms with van der Waals surface area (Å²) in [6.45, 7) is 2.96. The summed E-state index contributed by atoms with van der Waals surface area (Å²) in [5.41, 5.74) is 1.25. The second-order valence-corrected chi connectivity index (χ2v) is 4.72. The van der Waals surface area contributed by atoms with E-state index in [-0.39, 0.29) is 0 Å². The van der Waals surface area contributed by atoms with Gasteiger partial charge in [0.25, 0.3) is 0 Å². The van der Waals surface area contributed by atoms with Crippen molar-refractivity contribution >= 4 is 15.9 Å². The van der Waals surface area contributed by atoms with Crippen LogP contribution in [-0.4, -0.2) is 11.4 Å². The highest BCUT2D eigenvalue weighted by Crippen LogP contribution is 2.12. The molecule has 0 heterocycles. The first kappa shape index (κ1) is 13.7. The van der Waals surface area contributed by atoms with Crippen LogP contribution in [0.25, 0.3) is 0 Å². The van der Waals surface area contributed by atoms with Crippen LogP contribution in [0.3, 0.4) is 0 Å². The van der Waals surface area contributed by atoms with Gasteiger partial charge in [-0.3, -0.25) is 0 Å². The third-order valence-corrected chi connectivity index (χ3v) is 3.35. The Bertz CT molecular complexity index is 261. The van der Waals surface area contributed by atoms with Gasteiger partial charge in [-0.2, -0.15) is 0 Å². The monoisotopic (exact) mass is 284 g/mol. The summed E-state index contributed by atoms with van der Waals surface area (Å²) in [6.07, 6.45) is 5.35. The SMILES string of the molecule is CCCCC[C@H](CBr)OCc1ccccc1. The average molecular weight is 285 g/mol. The molecule has 0 aliphatic rings. The van der Waals surface area contributed by atoms with Crippen molar-refractivity contribution in [3.8, 4) is 0 Å². The topological polar surface area (TPSA) is 9.23 Å². The Morgan fingerprint density at radius 1 is 1.19 bits per heavy atom. The molecule has 0 aliphatic heterocycles. The standard InChI is InChI=1S/C14H21BrO/c1-2-3-5-10-14(11-15)16-12-13-8-6-4-7-9-13/h4,6-9,14H,2-3,5,10-12H2,1H3/t14-/m1/s1. The van der Waals surface area contributed by atoms with Crippen molar-refractivity contribution in [2.45, 2.75) is 45.3 Å². The van der Waals surface area contributed by atoms with Crippen LogP contribution in [0.4, 0.5) is 0 Å². The molecule has 2 heteroatoms. The van der Waals surface area contributed by atoms with E-state index in [0.29, 0.717) is 6.10 Å². The first-order valence-electron chi connectivity index (χ1n) is 6.08. The van der Waals surface area contributed by atoms with Crippen molar-refractivity contribution in [3.05, 3.63) is 35.9 Å². The van der Waals surface area contributed by atoms with E-state index in [0.717, 1.165) is 18.4 Å². The van der Waals surface area contributed by atoms with Crippen LogP contribution in [0.1, 0.15) is 38.2 Å². The summed E-state index contributed by atoms with van der Waals surface area (Å²) in [5.74, 6) is 0. The molecule has 0 spiro atoms. The van der Waals surface area contributed by atoms with Crippen LogP contribution in [0, 0.1) is 0 Å². The number of alkyl halides is 1. The van der Waals surface area contributed by atoms with Crippen molar-refractivity contribution in [3.63, 3.8) is 0 Å². The van der Waals surface area contributed by atoms with Gasteiger partial charge < -0.3 is 4.74 Å². The largest absolute Gasteiger partial charge is 0.373 e. The second-order valence-electron chi connectivity index (χ2n) is 4.07. The van der Waals surface area contributed by atoms with Gasteiger partial charge in [-0.25, -0.2) is 0 Å². The Kier molecular flexibility index (Phi) is 7.52. The molecule has 1 atom stereocenters. The fourth-order valence-corrected chi connectivity index (χ4v) is 2.13. The number of unbranched alkanes of at least 4 members (excludes halogenated alkanes) is 2. The number of hydrogen-bond donors (Lipinski definition) is 0. The number of benzene rings is 1. The summed E-state index contributed by atoms with van der Waals surface area (Å²) in [4.78, 5) is 0. The summed E-state index contributed by atoms with van der Waals surface area (Å²) in [7, 11) is 0. The van der Waals surface area contributed by atoms with Crippen LogP contribution < -0.4 is 0 Å². The van der Waals surface area contributed by atoms with E-state index in [2.05, 4.69) is 47.1 Å². The Morgan fingerprint density at radius 2 is 1.94 bits per heavy atom. The van der Waals surface area contributed by atoms with E-state index in [1.54, 1.807) is 0 Å². The van der Waals surface area contributed by atoms with E-state index in [4.69, 9.17) is 4.74 Å². The maximum Gasteiger partial charge on any atom is 0.0721 e. The Labute approximate surface area is 107 Å². The van der Waals surface area contributed by atoms with E-state index in [9.17, 15) is 0 Å². The van der Waals surface area contributed by atoms with Gasteiger partial charge >= 0.3 is 0 Å². The van der Waals surface area contributed by atoms with E-state index in [1.807, 2.05) is 6.07 Å². The minimum absolute atomic E-state index is 0.353. The van der Waals surface area contributed by atoms with Crippen LogP contribution in [0.5, 0.6) is 0 Å². The molecule has 1 aromatic rings. The molecule has 90 valence electrons. The molecule has 0 unspecified atom stereocenters. The summed E-state index contributed by atoms with van der Waals surface area (Å²) in [6, 6.07) is 10.4. The molecule has 16 heavy (non-hydrogen) atoms. The Morgan fingerprint density at radius 3 is 2.56 bits per heavy atom. The molecule has 0 radical (unpaired) electrons. The van der Waals surface area contributed by atoms with Gasteiger partial charge in [-0.15, -0.1) is 0 Å². The maximum absolute atomic E-state index is 5.88. The molecule has 0 saturated heterocycles. The zero-order valence-electron chi connectivity index (χ0n) is 9.99. The molecule has 1 aromatic carbocycles. The molecule has 0 aliphatic carbocycles. The van der Waals surface area contributed by atoms with Gasteiger partial charge in [0.1, 0.15) is 0 Å². The van der Waals surface area contributed by atoms with Gasteiger partial charge in [-0.05, 0) is 12.0 Å². The van der Waals surface area contributed by atoms with Gasteiger partial charge in [0.15, 0.2) is 0 Å². The highest BCUT2D eigenvalue weighted by Gasteiger charge is 2.06. The van der Waals surface area contributed by atoms with Crippen LogP contribution in [0.2, 0.25) is 0 Å². The van der Waals surface area contributed by atoms with Crippen molar-refractivity contribution in [2.24, 2.45) is 0 Å². The molecule has 0 bridgehead atoms. The lowest BCUT2D eigenvalue weighted by Crippen LogP contribution is -2.14. The zero-order chi connectivity index (χ0) is 11.6. The normalized spacial score (nSPS) is 12.6. The van der Waals surface area contributed by atoms with Crippen LogP contribution in [-0.2, 0) is 11.3 Å². The smallest absolute Gasteiger partial charge is 0.0721 e. The fourth-order valence-electron chi connectivity index (χ4n) is 1.62. The number of rotatable bonds is 8. The molecule has 1 nitrogen and oxygen atoms in total. The summed E-state index contributed by atoms with van der Waals surface area (Å²) in [5, 5.41) is 0.934. The third kappa shape index (κ3) is 5.66. The first-order valence-corrected chi connectivity index (χ1v) is 7.20. The lowest BCUT2D eigenvalue weighted by Gasteiger charge is -2.15. The zero-order valence-corrected chi connectivity index (χ0v) is 11.6. The Hall–Kier alpha value is -0.340. The highest BCUT2D eigenvalue weighted by molar-refractivity contribution is 9.09. The lowest BCUT2D eigenvalue weighted by molar-refractivity contribution is 0.0499. The first-order chi connectivity index (χ1) is 7.86. The molecule has 1 rings (SSSR count). The van der Waals surface area contributed by atoms with Crippen molar-refractivity contribution < 1.29 is 4.74 Å². The van der Waals surface area contributed by atoms with E-state index >= 15 is 0 Å². The second kappa shape index (κ2) is 8.77. The molecular weight excluding hydrogens is 264 g/mol. The molecule has 0 amide bonds. The molecule has 0 aromatic heterocycles. The lowest BCUT2D eigenvalue weighted by atomic mass is 10.1. The molecule has 0 saturated carbocycles. The minimum atomic E-state index is 0.353. The van der Waals surface area contributed by atoms with Gasteiger partial charge in [-0.1, -0.05) is 72.4 Å². The van der Waals surface area contributed by atoms with Crippen LogP contribution >= 0.6 is 15.9 Å². The third-order valence-electron chi connectivity index (χ3n) is 2.63.